The van der Waals surface area contributed by atoms with E-state index in [9.17, 15) is 17.6 Å². The van der Waals surface area contributed by atoms with Gasteiger partial charge in [-0.15, -0.1) is 0 Å². The molecular formula is C27H25FN4O5S. The van der Waals surface area contributed by atoms with Gasteiger partial charge in [-0.2, -0.15) is 8.42 Å². The van der Waals surface area contributed by atoms with Crippen molar-refractivity contribution in [1.82, 2.24) is 14.7 Å². The zero-order chi connectivity index (χ0) is 27.6. The molecule has 2 aromatic carbocycles. The van der Waals surface area contributed by atoms with Gasteiger partial charge in [0.05, 0.1) is 12.8 Å². The minimum Gasteiger partial charge on any atom is -0.497 e. The normalized spacial score (nSPS) is 11.2. The average Bonchev–Trinajstić information content (AvgIpc) is 2.85. The molecule has 0 radical (unpaired) electrons. The number of benzene rings is 2. The molecule has 9 nitrogen and oxygen atoms in total. The number of nitrogens with two attached hydrogens (primary N) is 1. The lowest BCUT2D eigenvalue weighted by atomic mass is 10.1. The van der Waals surface area contributed by atoms with Crippen LogP contribution in [0.5, 0.6) is 17.4 Å². The Kier molecular flexibility index (Phi) is 7.31. The van der Waals surface area contributed by atoms with Crippen LogP contribution in [-0.2, 0) is 10.0 Å². The molecule has 2 aromatic heterocycles. The molecule has 0 aliphatic heterocycles. The van der Waals surface area contributed by atoms with Crippen molar-refractivity contribution in [3.05, 3.63) is 88.7 Å². The Morgan fingerprint density at radius 3 is 2.32 bits per heavy atom. The smallest absolute Gasteiger partial charge is 0.281 e. The summed E-state index contributed by atoms with van der Waals surface area (Å²) in [6.45, 7) is 5.60. The predicted octanol–water partition coefficient (Wildman–Crippen LogP) is 4.71. The van der Waals surface area contributed by atoms with Gasteiger partial charge in [-0.3, -0.25) is 4.79 Å². The summed E-state index contributed by atoms with van der Waals surface area (Å²) in [5.74, 6) is -1.09. The van der Waals surface area contributed by atoms with E-state index in [4.69, 9.17) is 15.2 Å². The number of hydrogen-bond donors (Lipinski definition) is 2. The number of carbonyl (C=O) groups excluding carboxylic acids is 1. The fraction of sp³-hybridized carbons (Fsp3) is 0.148. The molecule has 0 aliphatic rings. The van der Waals surface area contributed by atoms with E-state index in [-0.39, 0.29) is 28.5 Å². The molecule has 1 amide bonds. The third-order valence-corrected chi connectivity index (χ3v) is 6.84. The maximum atomic E-state index is 14.8. The number of nitrogens with zero attached hydrogens (tertiary/aromatic N) is 2. The second-order valence-electron chi connectivity index (χ2n) is 8.56. The quantitative estimate of drug-likeness (QED) is 0.347. The average molecular weight is 537 g/mol. The Labute approximate surface area is 219 Å². The van der Waals surface area contributed by atoms with Crippen LogP contribution in [0.4, 0.5) is 10.2 Å². The molecule has 0 bridgehead atoms. The van der Waals surface area contributed by atoms with Crippen LogP contribution in [0.25, 0.3) is 11.3 Å². The highest BCUT2D eigenvalue weighted by Gasteiger charge is 2.25. The molecule has 38 heavy (non-hydrogen) atoms. The number of carbonyl (C=O) groups is 1. The van der Waals surface area contributed by atoms with Gasteiger partial charge in [0.2, 0.25) is 5.88 Å². The number of aryl methyl sites for hydroxylation is 3. The van der Waals surface area contributed by atoms with Crippen molar-refractivity contribution < 1.29 is 27.1 Å². The summed E-state index contributed by atoms with van der Waals surface area (Å²) < 4.78 is 53.5. The van der Waals surface area contributed by atoms with Crippen LogP contribution in [0, 0.1) is 26.6 Å². The van der Waals surface area contributed by atoms with Gasteiger partial charge in [0.1, 0.15) is 28.7 Å². The summed E-state index contributed by atoms with van der Waals surface area (Å²) in [6, 6.07) is 14.8. The Morgan fingerprint density at radius 1 is 0.974 bits per heavy atom. The van der Waals surface area contributed by atoms with Crippen LogP contribution in [0.2, 0.25) is 0 Å². The fourth-order valence-corrected chi connectivity index (χ4v) is 4.85. The van der Waals surface area contributed by atoms with Gasteiger partial charge >= 0.3 is 0 Å². The first-order valence-corrected chi connectivity index (χ1v) is 12.9. The van der Waals surface area contributed by atoms with E-state index in [1.54, 1.807) is 6.07 Å². The number of rotatable bonds is 7. The van der Waals surface area contributed by atoms with Gasteiger partial charge in [-0.1, -0.05) is 23.8 Å². The molecule has 0 unspecified atom stereocenters. The number of amides is 1. The van der Waals surface area contributed by atoms with E-state index in [1.165, 1.54) is 49.6 Å². The number of pyridine rings is 2. The van der Waals surface area contributed by atoms with E-state index < -0.39 is 26.8 Å². The van der Waals surface area contributed by atoms with Gasteiger partial charge in [-0.25, -0.2) is 19.1 Å². The number of ether oxygens (including phenoxy) is 2. The summed E-state index contributed by atoms with van der Waals surface area (Å²) in [4.78, 5) is 21.4. The van der Waals surface area contributed by atoms with Crippen molar-refractivity contribution >= 4 is 21.7 Å². The van der Waals surface area contributed by atoms with Crippen molar-refractivity contribution in [1.29, 1.82) is 0 Å². The summed E-state index contributed by atoms with van der Waals surface area (Å²) in [5.41, 5.74) is 8.26. The summed E-state index contributed by atoms with van der Waals surface area (Å²) in [6.07, 6.45) is 0. The number of aromatic nitrogens is 2. The third kappa shape index (κ3) is 5.57. The Bertz CT molecular complexity index is 1630. The highest BCUT2D eigenvalue weighted by molar-refractivity contribution is 7.90. The van der Waals surface area contributed by atoms with Crippen LogP contribution < -0.4 is 19.9 Å². The maximum absolute atomic E-state index is 14.8. The number of nitrogens with one attached hydrogen (secondary N) is 1. The lowest BCUT2D eigenvalue weighted by molar-refractivity contribution is 0.0978. The Morgan fingerprint density at radius 2 is 1.68 bits per heavy atom. The van der Waals surface area contributed by atoms with Crippen LogP contribution >= 0.6 is 0 Å². The number of methoxy groups -OCH3 is 1. The third-order valence-electron chi connectivity index (χ3n) is 5.61. The molecule has 2 heterocycles. The molecular weight excluding hydrogens is 511 g/mol. The molecule has 11 heteroatoms. The first-order valence-electron chi connectivity index (χ1n) is 11.4. The van der Waals surface area contributed by atoms with Gasteiger partial charge in [0.15, 0.2) is 5.03 Å². The number of anilines is 1. The van der Waals surface area contributed by atoms with E-state index in [0.717, 1.165) is 16.7 Å². The van der Waals surface area contributed by atoms with Gasteiger partial charge in [0, 0.05) is 11.6 Å². The minimum atomic E-state index is -4.37. The second-order valence-corrected chi connectivity index (χ2v) is 10.2. The fourth-order valence-electron chi connectivity index (χ4n) is 3.91. The van der Waals surface area contributed by atoms with E-state index in [0.29, 0.717) is 11.5 Å². The van der Waals surface area contributed by atoms with Gasteiger partial charge in [-0.05, 0) is 68.3 Å². The van der Waals surface area contributed by atoms with Crippen molar-refractivity contribution in [2.45, 2.75) is 25.8 Å². The maximum Gasteiger partial charge on any atom is 0.281 e. The summed E-state index contributed by atoms with van der Waals surface area (Å²) >= 11 is 0. The molecule has 196 valence electrons. The summed E-state index contributed by atoms with van der Waals surface area (Å²) in [7, 11) is -2.94. The lowest BCUT2D eigenvalue weighted by Crippen LogP contribution is -2.31. The molecule has 0 saturated carbocycles. The van der Waals surface area contributed by atoms with E-state index in [2.05, 4.69) is 9.97 Å². The van der Waals surface area contributed by atoms with Gasteiger partial charge in [0.25, 0.3) is 15.9 Å². The van der Waals surface area contributed by atoms with E-state index >= 15 is 0 Å². The molecule has 0 spiro atoms. The summed E-state index contributed by atoms with van der Waals surface area (Å²) in [5, 5.41) is -0.427. The molecule has 4 aromatic rings. The standard InChI is InChI=1S/C27H25FN4O5S/c1-15-12-16(2)25(17(3)13-15)37-27-20(26(33)32-38(34,35)24-7-5-6-23(29)31-24)10-11-22(30-27)19-9-8-18(36-4)14-21(19)28/h5-14H,1-4H3,(H2,29,31)(H,32,33). The molecule has 0 aliphatic carbocycles. The molecule has 3 N–H and O–H groups in total. The van der Waals surface area contributed by atoms with Gasteiger partial charge < -0.3 is 15.2 Å². The van der Waals surface area contributed by atoms with Crippen LogP contribution in [0.3, 0.4) is 0 Å². The largest absolute Gasteiger partial charge is 0.497 e. The number of halogens is 1. The Balaban J connectivity index is 1.80. The highest BCUT2D eigenvalue weighted by atomic mass is 32.2. The highest BCUT2D eigenvalue weighted by Crippen LogP contribution is 2.33. The van der Waals surface area contributed by atoms with Crippen molar-refractivity contribution in [2.75, 3.05) is 12.8 Å². The number of nitrogen functional groups attached to an aromatic ring is 1. The van der Waals surface area contributed by atoms with Crippen molar-refractivity contribution in [2.24, 2.45) is 0 Å². The first kappa shape index (κ1) is 26.6. The van der Waals surface area contributed by atoms with Crippen LogP contribution in [0.15, 0.2) is 65.7 Å². The number of sulfonamides is 1. The van der Waals surface area contributed by atoms with Crippen LogP contribution in [0.1, 0.15) is 27.0 Å². The monoisotopic (exact) mass is 536 g/mol. The molecule has 0 atom stereocenters. The molecule has 4 rings (SSSR count). The second kappa shape index (κ2) is 10.5. The molecule has 0 saturated heterocycles. The zero-order valence-corrected chi connectivity index (χ0v) is 21.9. The lowest BCUT2D eigenvalue weighted by Gasteiger charge is -2.16. The topological polar surface area (TPSA) is 134 Å². The first-order chi connectivity index (χ1) is 18.0. The van der Waals surface area contributed by atoms with Crippen LogP contribution in [-0.4, -0.2) is 31.4 Å². The zero-order valence-electron chi connectivity index (χ0n) is 21.1. The van der Waals surface area contributed by atoms with Crippen molar-refractivity contribution in [3.63, 3.8) is 0 Å². The van der Waals surface area contributed by atoms with E-state index in [1.807, 2.05) is 37.6 Å². The SMILES string of the molecule is COc1ccc(-c2ccc(C(=O)NS(=O)(=O)c3cccc(N)n3)c(Oc3c(C)cc(C)cc3C)n2)c(F)c1. The predicted molar refractivity (Wildman–Crippen MR) is 140 cm³/mol. The Hall–Kier alpha value is -4.51. The number of hydrogen-bond acceptors (Lipinski definition) is 8. The molecule has 0 fully saturated rings. The minimum absolute atomic E-state index is 0.0257. The van der Waals surface area contributed by atoms with Crippen molar-refractivity contribution in [3.8, 4) is 28.6 Å².